The summed E-state index contributed by atoms with van der Waals surface area (Å²) in [6.07, 6.45) is 0.998. The van der Waals surface area contributed by atoms with Crippen LogP contribution in [0.2, 0.25) is 5.02 Å². The minimum absolute atomic E-state index is 0.0721. The van der Waals surface area contributed by atoms with Crippen LogP contribution in [0, 0.1) is 11.3 Å². The van der Waals surface area contributed by atoms with E-state index in [1.807, 2.05) is 0 Å². The predicted octanol–water partition coefficient (Wildman–Crippen LogP) is 3.39. The van der Waals surface area contributed by atoms with Crippen molar-refractivity contribution in [2.75, 3.05) is 19.5 Å². The minimum Gasteiger partial charge on any atom is -0.497 e. The third-order valence-electron chi connectivity index (χ3n) is 3.52. The van der Waals surface area contributed by atoms with Crippen molar-refractivity contribution >= 4 is 33.1 Å². The molecule has 0 aliphatic heterocycles. The number of nitriles is 1. The number of rotatable bonds is 6. The van der Waals surface area contributed by atoms with E-state index in [-0.39, 0.29) is 16.1 Å². The Kier molecular flexibility index (Phi) is 6.45. The van der Waals surface area contributed by atoms with Crippen LogP contribution in [0.3, 0.4) is 0 Å². The summed E-state index contributed by atoms with van der Waals surface area (Å²) < 4.78 is 34.9. The Bertz CT molecular complexity index is 1020. The molecular formula is C18H15ClN2O5S. The van der Waals surface area contributed by atoms with Gasteiger partial charge in [-0.1, -0.05) is 11.6 Å². The second kappa shape index (κ2) is 8.58. The zero-order chi connectivity index (χ0) is 20.0. The van der Waals surface area contributed by atoms with E-state index in [2.05, 4.69) is 10.1 Å². The molecule has 9 heteroatoms. The summed E-state index contributed by atoms with van der Waals surface area (Å²) in [4.78, 5) is 11.2. The van der Waals surface area contributed by atoms with Crippen molar-refractivity contribution in [3.8, 4) is 11.8 Å². The molecule has 0 amide bonds. The summed E-state index contributed by atoms with van der Waals surface area (Å²) in [5, 5.41) is 12.3. The van der Waals surface area contributed by atoms with Crippen molar-refractivity contribution in [2.24, 2.45) is 0 Å². The van der Waals surface area contributed by atoms with Crippen LogP contribution in [0.25, 0.3) is 0 Å². The van der Waals surface area contributed by atoms with Gasteiger partial charge in [0.2, 0.25) is 9.84 Å². The second-order valence-corrected chi connectivity index (χ2v) is 7.48. The highest BCUT2D eigenvalue weighted by molar-refractivity contribution is 7.95. The second-order valence-electron chi connectivity index (χ2n) is 5.13. The summed E-state index contributed by atoms with van der Waals surface area (Å²) in [6, 6.07) is 11.6. The number of methoxy groups -OCH3 is 2. The van der Waals surface area contributed by atoms with E-state index in [4.69, 9.17) is 16.3 Å². The van der Waals surface area contributed by atoms with Gasteiger partial charge in [0.15, 0.2) is 4.91 Å². The van der Waals surface area contributed by atoms with Crippen LogP contribution in [-0.4, -0.2) is 28.6 Å². The van der Waals surface area contributed by atoms with E-state index in [1.54, 1.807) is 6.07 Å². The van der Waals surface area contributed by atoms with Gasteiger partial charge in [-0.2, -0.15) is 5.26 Å². The molecule has 0 aliphatic carbocycles. The quantitative estimate of drug-likeness (QED) is 0.578. The number of sulfone groups is 1. The van der Waals surface area contributed by atoms with E-state index in [0.29, 0.717) is 10.8 Å². The maximum Gasteiger partial charge on any atom is 0.339 e. The van der Waals surface area contributed by atoms with E-state index in [0.717, 1.165) is 6.20 Å². The Balaban J connectivity index is 2.40. The van der Waals surface area contributed by atoms with Crippen LogP contribution in [0.5, 0.6) is 5.75 Å². The lowest BCUT2D eigenvalue weighted by molar-refractivity contribution is 0.0602. The van der Waals surface area contributed by atoms with Gasteiger partial charge in [-0.3, -0.25) is 0 Å². The summed E-state index contributed by atoms with van der Waals surface area (Å²) in [6.45, 7) is 0. The molecule has 0 heterocycles. The first-order valence-corrected chi connectivity index (χ1v) is 9.33. The molecule has 140 valence electrons. The molecule has 0 atom stereocenters. The molecule has 7 nitrogen and oxygen atoms in total. The molecule has 2 aromatic carbocycles. The first kappa shape index (κ1) is 20.3. The Morgan fingerprint density at radius 2 is 1.85 bits per heavy atom. The summed E-state index contributed by atoms with van der Waals surface area (Å²) in [7, 11) is -1.39. The molecule has 0 spiro atoms. The average Bonchev–Trinajstić information content (AvgIpc) is 2.67. The van der Waals surface area contributed by atoms with Crippen LogP contribution in [0.15, 0.2) is 58.5 Å². The number of esters is 1. The van der Waals surface area contributed by atoms with Gasteiger partial charge in [-0.05, 0) is 42.5 Å². The van der Waals surface area contributed by atoms with Crippen molar-refractivity contribution in [1.82, 2.24) is 0 Å². The monoisotopic (exact) mass is 406 g/mol. The summed E-state index contributed by atoms with van der Waals surface area (Å²) in [5.74, 6) is -0.157. The van der Waals surface area contributed by atoms with Gasteiger partial charge < -0.3 is 14.8 Å². The molecule has 0 aliphatic rings. The first-order chi connectivity index (χ1) is 12.8. The molecule has 0 saturated heterocycles. The van der Waals surface area contributed by atoms with Crippen LogP contribution in [0.1, 0.15) is 10.4 Å². The molecule has 0 fully saturated rings. The van der Waals surface area contributed by atoms with Gasteiger partial charge in [-0.15, -0.1) is 0 Å². The first-order valence-electron chi connectivity index (χ1n) is 7.47. The SMILES string of the molecule is COC(=O)c1ccc(Cl)cc1N/C=C(/C#N)S(=O)(=O)c1ccc(OC)cc1. The molecule has 2 aromatic rings. The van der Waals surface area contributed by atoms with Crippen molar-refractivity contribution in [3.63, 3.8) is 0 Å². The number of hydrogen-bond acceptors (Lipinski definition) is 7. The highest BCUT2D eigenvalue weighted by Crippen LogP contribution is 2.25. The third kappa shape index (κ3) is 4.58. The fourth-order valence-electron chi connectivity index (χ4n) is 2.12. The van der Waals surface area contributed by atoms with Gasteiger partial charge in [0.05, 0.1) is 30.4 Å². The number of benzene rings is 2. The number of allylic oxidation sites excluding steroid dienone is 1. The smallest absolute Gasteiger partial charge is 0.339 e. The average molecular weight is 407 g/mol. The Morgan fingerprint density at radius 3 is 2.41 bits per heavy atom. The largest absolute Gasteiger partial charge is 0.497 e. The molecule has 2 rings (SSSR count). The van der Waals surface area contributed by atoms with Crippen LogP contribution in [-0.2, 0) is 14.6 Å². The minimum atomic E-state index is -4.06. The highest BCUT2D eigenvalue weighted by Gasteiger charge is 2.21. The Hall–Kier alpha value is -3.02. The molecule has 27 heavy (non-hydrogen) atoms. The normalized spacial score (nSPS) is 11.4. The fourth-order valence-corrected chi connectivity index (χ4v) is 3.37. The standard InChI is InChI=1S/C18H15ClN2O5S/c1-25-13-4-6-14(7-5-13)27(23,24)15(10-20)11-21-17-9-12(19)3-8-16(17)18(22)26-2/h3-9,11,21H,1-2H3/b15-11-. The number of hydrogen-bond donors (Lipinski definition) is 1. The number of ether oxygens (including phenoxy) is 2. The molecule has 1 N–H and O–H groups in total. The van der Waals surface area contributed by atoms with Crippen molar-refractivity contribution in [2.45, 2.75) is 4.90 Å². The van der Waals surface area contributed by atoms with Crippen LogP contribution >= 0.6 is 11.6 Å². The van der Waals surface area contributed by atoms with Gasteiger partial charge >= 0.3 is 5.97 Å². The van der Waals surface area contributed by atoms with E-state index >= 15 is 0 Å². The number of nitrogens with zero attached hydrogens (tertiary/aromatic N) is 1. The number of carbonyl (C=O) groups excluding carboxylic acids is 1. The predicted molar refractivity (Wildman–Crippen MR) is 100 cm³/mol. The molecule has 0 radical (unpaired) electrons. The van der Waals surface area contributed by atoms with Crippen molar-refractivity contribution < 1.29 is 22.7 Å². The van der Waals surface area contributed by atoms with E-state index in [9.17, 15) is 18.5 Å². The summed E-state index contributed by atoms with van der Waals surface area (Å²) in [5.41, 5.74) is 0.337. The molecule has 0 bridgehead atoms. The number of nitrogens with one attached hydrogen (secondary N) is 1. The van der Waals surface area contributed by atoms with Gasteiger partial charge in [0.25, 0.3) is 0 Å². The van der Waals surface area contributed by atoms with Crippen molar-refractivity contribution in [3.05, 3.63) is 64.2 Å². The van der Waals surface area contributed by atoms with Crippen LogP contribution < -0.4 is 10.1 Å². The van der Waals surface area contributed by atoms with E-state index < -0.39 is 20.7 Å². The number of carbonyl (C=O) groups is 1. The lowest BCUT2D eigenvalue weighted by atomic mass is 10.2. The van der Waals surface area contributed by atoms with Gasteiger partial charge in [0, 0.05) is 11.2 Å². The molecule has 0 saturated carbocycles. The lowest BCUT2D eigenvalue weighted by Crippen LogP contribution is -2.08. The topological polar surface area (TPSA) is 105 Å². The van der Waals surface area contributed by atoms with Gasteiger partial charge in [-0.25, -0.2) is 13.2 Å². The van der Waals surface area contributed by atoms with Crippen molar-refractivity contribution in [1.29, 1.82) is 5.26 Å². The van der Waals surface area contributed by atoms with Gasteiger partial charge in [0.1, 0.15) is 11.8 Å². The molecule has 0 aromatic heterocycles. The molecular weight excluding hydrogens is 392 g/mol. The maximum atomic E-state index is 12.6. The lowest BCUT2D eigenvalue weighted by Gasteiger charge is -2.09. The Labute approximate surface area is 161 Å². The number of anilines is 1. The highest BCUT2D eigenvalue weighted by atomic mass is 35.5. The molecule has 0 unspecified atom stereocenters. The van der Waals surface area contributed by atoms with E-state index in [1.165, 1.54) is 56.7 Å². The summed E-state index contributed by atoms with van der Waals surface area (Å²) >= 11 is 5.92. The number of halogens is 1. The maximum absolute atomic E-state index is 12.6. The third-order valence-corrected chi connectivity index (χ3v) is 5.43. The zero-order valence-electron chi connectivity index (χ0n) is 14.4. The zero-order valence-corrected chi connectivity index (χ0v) is 16.0. The van der Waals surface area contributed by atoms with Crippen LogP contribution in [0.4, 0.5) is 5.69 Å². The Morgan fingerprint density at radius 1 is 1.19 bits per heavy atom. The fraction of sp³-hybridized carbons (Fsp3) is 0.111.